The van der Waals surface area contributed by atoms with Crippen LogP contribution in [0.5, 0.6) is 0 Å². The van der Waals surface area contributed by atoms with E-state index in [9.17, 15) is 24.0 Å². The standard InChI is InChI=1S/C25H28BrN3O7/c1-2-3-15-35-25(34)18-9-13-20(14-10-18)27-21(30)5-4-6-23(32)36-16-22(31)28-29-24(33)17-7-11-19(26)12-8-17/h7-14H,2-6,15-16H2,1H3,(H,27,30)(H,28,31)(H,29,33). The topological polar surface area (TPSA) is 140 Å². The van der Waals surface area contributed by atoms with Crippen LogP contribution in [0.25, 0.3) is 0 Å². The molecule has 3 amide bonds. The van der Waals surface area contributed by atoms with Gasteiger partial charge in [0.1, 0.15) is 0 Å². The molecule has 0 saturated carbocycles. The number of rotatable bonds is 12. The van der Waals surface area contributed by atoms with Gasteiger partial charge in [-0.2, -0.15) is 0 Å². The molecule has 0 aliphatic carbocycles. The van der Waals surface area contributed by atoms with Crippen molar-refractivity contribution < 1.29 is 33.4 Å². The minimum atomic E-state index is -0.704. The molecular formula is C25H28BrN3O7. The number of hydrogen-bond donors (Lipinski definition) is 3. The van der Waals surface area contributed by atoms with Crippen molar-refractivity contribution in [3.05, 3.63) is 64.1 Å². The van der Waals surface area contributed by atoms with E-state index in [0.29, 0.717) is 23.4 Å². The first-order valence-electron chi connectivity index (χ1n) is 11.4. The number of esters is 2. The quantitative estimate of drug-likeness (QED) is 0.204. The third kappa shape index (κ3) is 10.7. The van der Waals surface area contributed by atoms with Crippen molar-refractivity contribution in [3.8, 4) is 0 Å². The van der Waals surface area contributed by atoms with E-state index < -0.39 is 30.4 Å². The molecule has 0 spiro atoms. The highest BCUT2D eigenvalue weighted by Gasteiger charge is 2.12. The first-order valence-corrected chi connectivity index (χ1v) is 12.1. The van der Waals surface area contributed by atoms with Gasteiger partial charge in [0.25, 0.3) is 11.8 Å². The Morgan fingerprint density at radius 3 is 2.11 bits per heavy atom. The number of benzene rings is 2. The SMILES string of the molecule is CCCCOC(=O)c1ccc(NC(=O)CCCC(=O)OCC(=O)NNC(=O)c2ccc(Br)cc2)cc1. The molecule has 2 aromatic rings. The van der Waals surface area contributed by atoms with E-state index in [1.165, 1.54) is 0 Å². The van der Waals surface area contributed by atoms with Crippen molar-refractivity contribution in [2.24, 2.45) is 0 Å². The van der Waals surface area contributed by atoms with Crippen molar-refractivity contribution in [2.75, 3.05) is 18.5 Å². The van der Waals surface area contributed by atoms with Crippen LogP contribution in [0.15, 0.2) is 53.0 Å². The molecule has 0 atom stereocenters. The average Bonchev–Trinajstić information content (AvgIpc) is 2.87. The lowest BCUT2D eigenvalue weighted by Crippen LogP contribution is -2.43. The Kier molecular flexibility index (Phi) is 12.1. The van der Waals surface area contributed by atoms with E-state index in [-0.39, 0.29) is 25.2 Å². The summed E-state index contributed by atoms with van der Waals surface area (Å²) in [5, 5.41) is 2.68. The molecule has 192 valence electrons. The van der Waals surface area contributed by atoms with Crippen LogP contribution < -0.4 is 16.2 Å². The Morgan fingerprint density at radius 1 is 0.778 bits per heavy atom. The van der Waals surface area contributed by atoms with E-state index in [2.05, 4.69) is 32.1 Å². The van der Waals surface area contributed by atoms with Gasteiger partial charge in [-0.1, -0.05) is 29.3 Å². The molecule has 0 saturated heterocycles. The first-order chi connectivity index (χ1) is 17.3. The summed E-state index contributed by atoms with van der Waals surface area (Å²) in [5.74, 6) is -2.60. The minimum absolute atomic E-state index is 0.0609. The van der Waals surface area contributed by atoms with Gasteiger partial charge >= 0.3 is 11.9 Å². The Balaban J connectivity index is 1.60. The molecule has 2 aromatic carbocycles. The molecule has 11 heteroatoms. The molecule has 2 rings (SSSR count). The molecule has 36 heavy (non-hydrogen) atoms. The number of amides is 3. The highest BCUT2D eigenvalue weighted by atomic mass is 79.9. The third-order valence-electron chi connectivity index (χ3n) is 4.71. The highest BCUT2D eigenvalue weighted by molar-refractivity contribution is 9.10. The predicted molar refractivity (Wildman–Crippen MR) is 135 cm³/mol. The van der Waals surface area contributed by atoms with Crippen LogP contribution in [-0.4, -0.2) is 42.9 Å². The summed E-state index contributed by atoms with van der Waals surface area (Å²) in [5.41, 5.74) is 5.62. The van der Waals surface area contributed by atoms with Crippen molar-refractivity contribution in [1.29, 1.82) is 0 Å². The summed E-state index contributed by atoms with van der Waals surface area (Å²) in [6.45, 7) is 1.80. The second-order valence-corrected chi connectivity index (χ2v) is 8.55. The van der Waals surface area contributed by atoms with Gasteiger partial charge in [-0.3, -0.25) is 30.0 Å². The van der Waals surface area contributed by atoms with Crippen molar-refractivity contribution in [3.63, 3.8) is 0 Å². The fourth-order valence-corrected chi connectivity index (χ4v) is 3.02. The zero-order valence-electron chi connectivity index (χ0n) is 19.8. The monoisotopic (exact) mass is 561 g/mol. The largest absolute Gasteiger partial charge is 0.462 e. The summed E-state index contributed by atoms with van der Waals surface area (Å²) < 4.78 is 10.8. The van der Waals surface area contributed by atoms with Gasteiger partial charge in [-0.05, 0) is 61.4 Å². The maximum absolute atomic E-state index is 12.1. The summed E-state index contributed by atoms with van der Waals surface area (Å²) in [6, 6.07) is 12.8. The predicted octanol–water partition coefficient (Wildman–Crippen LogP) is 3.52. The van der Waals surface area contributed by atoms with Crippen LogP contribution in [0, 0.1) is 0 Å². The molecule has 0 aromatic heterocycles. The summed E-state index contributed by atoms with van der Waals surface area (Å²) in [6.07, 6.45) is 1.94. The summed E-state index contributed by atoms with van der Waals surface area (Å²) in [7, 11) is 0. The van der Waals surface area contributed by atoms with Gasteiger partial charge in [0, 0.05) is 28.6 Å². The number of hydrazine groups is 1. The Hall–Kier alpha value is -3.73. The molecular weight excluding hydrogens is 534 g/mol. The van der Waals surface area contributed by atoms with E-state index in [4.69, 9.17) is 9.47 Å². The average molecular weight is 562 g/mol. The van der Waals surface area contributed by atoms with Crippen LogP contribution in [0.3, 0.4) is 0 Å². The molecule has 0 bridgehead atoms. The number of halogens is 1. The van der Waals surface area contributed by atoms with Crippen molar-refractivity contribution >= 4 is 51.3 Å². The molecule has 0 heterocycles. The van der Waals surface area contributed by atoms with E-state index in [1.54, 1.807) is 48.5 Å². The van der Waals surface area contributed by atoms with Crippen LogP contribution in [0.1, 0.15) is 59.7 Å². The number of anilines is 1. The van der Waals surface area contributed by atoms with Crippen LogP contribution >= 0.6 is 15.9 Å². The lowest BCUT2D eigenvalue weighted by atomic mass is 10.2. The number of carbonyl (C=O) groups excluding carboxylic acids is 5. The van der Waals surface area contributed by atoms with Crippen LogP contribution in [0.2, 0.25) is 0 Å². The Morgan fingerprint density at radius 2 is 1.44 bits per heavy atom. The minimum Gasteiger partial charge on any atom is -0.462 e. The van der Waals surface area contributed by atoms with Crippen LogP contribution in [0.4, 0.5) is 5.69 Å². The molecule has 0 aliphatic heterocycles. The fourth-order valence-electron chi connectivity index (χ4n) is 2.75. The third-order valence-corrected chi connectivity index (χ3v) is 5.23. The first kappa shape index (κ1) is 28.5. The van der Waals surface area contributed by atoms with E-state index in [1.807, 2.05) is 6.92 Å². The molecule has 0 aliphatic rings. The maximum atomic E-state index is 12.1. The lowest BCUT2D eigenvalue weighted by molar-refractivity contribution is -0.148. The lowest BCUT2D eigenvalue weighted by Gasteiger charge is -2.09. The van der Waals surface area contributed by atoms with E-state index in [0.717, 1.165) is 17.3 Å². The zero-order chi connectivity index (χ0) is 26.3. The molecule has 0 radical (unpaired) electrons. The number of carbonyl (C=O) groups is 5. The second kappa shape index (κ2) is 15.3. The van der Waals surface area contributed by atoms with Crippen LogP contribution in [-0.2, 0) is 23.9 Å². The normalized spacial score (nSPS) is 10.2. The second-order valence-electron chi connectivity index (χ2n) is 7.64. The molecule has 0 fully saturated rings. The van der Waals surface area contributed by atoms with Gasteiger partial charge < -0.3 is 14.8 Å². The number of unbranched alkanes of at least 4 members (excludes halogenated alkanes) is 1. The van der Waals surface area contributed by atoms with Gasteiger partial charge in [-0.15, -0.1) is 0 Å². The molecule has 0 unspecified atom stereocenters. The van der Waals surface area contributed by atoms with E-state index >= 15 is 0 Å². The van der Waals surface area contributed by atoms with Gasteiger partial charge in [-0.25, -0.2) is 4.79 Å². The summed E-state index contributed by atoms with van der Waals surface area (Å²) in [4.78, 5) is 59.4. The number of nitrogens with one attached hydrogen (secondary N) is 3. The van der Waals surface area contributed by atoms with Gasteiger partial charge in [0.05, 0.1) is 12.2 Å². The molecule has 3 N–H and O–H groups in total. The number of hydrogen-bond acceptors (Lipinski definition) is 7. The number of ether oxygens (including phenoxy) is 2. The smallest absolute Gasteiger partial charge is 0.338 e. The highest BCUT2D eigenvalue weighted by Crippen LogP contribution is 2.12. The van der Waals surface area contributed by atoms with Gasteiger partial charge in [0.15, 0.2) is 6.61 Å². The van der Waals surface area contributed by atoms with Gasteiger partial charge in [0.2, 0.25) is 5.91 Å². The molecule has 10 nitrogen and oxygen atoms in total. The maximum Gasteiger partial charge on any atom is 0.338 e. The fraction of sp³-hybridized carbons (Fsp3) is 0.320. The van der Waals surface area contributed by atoms with Crippen molar-refractivity contribution in [2.45, 2.75) is 39.0 Å². The Labute approximate surface area is 217 Å². The zero-order valence-corrected chi connectivity index (χ0v) is 21.4. The van der Waals surface area contributed by atoms with Crippen molar-refractivity contribution in [1.82, 2.24) is 10.9 Å². The summed E-state index contributed by atoms with van der Waals surface area (Å²) >= 11 is 3.26. The Bertz CT molecular complexity index is 1060.